The molecular formula is C13H14BrNO3. The molecule has 5 heteroatoms. The third-order valence-electron chi connectivity index (χ3n) is 2.69. The highest BCUT2D eigenvalue weighted by Crippen LogP contribution is 2.38. The quantitative estimate of drug-likeness (QED) is 0.942. The van der Waals surface area contributed by atoms with Crippen LogP contribution in [0, 0.1) is 0 Å². The van der Waals surface area contributed by atoms with E-state index in [2.05, 4.69) is 15.9 Å². The van der Waals surface area contributed by atoms with Crippen LogP contribution in [0.4, 0.5) is 0 Å². The topological polar surface area (TPSA) is 57.6 Å². The highest BCUT2D eigenvalue weighted by Gasteiger charge is 2.15. The average Bonchev–Trinajstić information content (AvgIpc) is 2.83. The Morgan fingerprint density at radius 3 is 2.39 bits per heavy atom. The van der Waals surface area contributed by atoms with Gasteiger partial charge in [-0.25, -0.2) is 0 Å². The normalized spacial score (nSPS) is 10.4. The van der Waals surface area contributed by atoms with E-state index in [9.17, 15) is 0 Å². The van der Waals surface area contributed by atoms with E-state index in [0.29, 0.717) is 18.0 Å². The van der Waals surface area contributed by atoms with E-state index in [1.807, 2.05) is 18.2 Å². The highest BCUT2D eigenvalue weighted by atomic mass is 79.9. The molecule has 0 saturated carbocycles. The minimum atomic E-state index is 0.392. The average molecular weight is 312 g/mol. The number of hydrogen-bond donors (Lipinski definition) is 1. The number of benzene rings is 1. The maximum Gasteiger partial charge on any atom is 0.161 e. The lowest BCUT2D eigenvalue weighted by Gasteiger charge is -2.13. The summed E-state index contributed by atoms with van der Waals surface area (Å²) >= 11 is 3.44. The van der Waals surface area contributed by atoms with Crippen LogP contribution in [-0.4, -0.2) is 14.2 Å². The van der Waals surface area contributed by atoms with Gasteiger partial charge in [0.2, 0.25) is 0 Å². The smallest absolute Gasteiger partial charge is 0.161 e. The lowest BCUT2D eigenvalue weighted by molar-refractivity contribution is 0.354. The molecule has 1 aromatic carbocycles. The Hall–Kier alpha value is -1.46. The van der Waals surface area contributed by atoms with Crippen molar-refractivity contribution >= 4 is 15.9 Å². The van der Waals surface area contributed by atoms with Gasteiger partial charge in [0.1, 0.15) is 5.76 Å². The fraction of sp³-hybridized carbons (Fsp3) is 0.231. The van der Waals surface area contributed by atoms with Crippen LogP contribution < -0.4 is 15.2 Å². The van der Waals surface area contributed by atoms with Crippen molar-refractivity contribution < 1.29 is 13.9 Å². The van der Waals surface area contributed by atoms with E-state index < -0.39 is 0 Å². The molecular weight excluding hydrogens is 298 g/mol. The number of methoxy groups -OCH3 is 2. The van der Waals surface area contributed by atoms with Gasteiger partial charge in [-0.1, -0.05) is 0 Å². The van der Waals surface area contributed by atoms with Crippen LogP contribution in [0.2, 0.25) is 0 Å². The van der Waals surface area contributed by atoms with Crippen molar-refractivity contribution in [2.24, 2.45) is 5.73 Å². The van der Waals surface area contributed by atoms with Gasteiger partial charge in [-0.05, 0) is 39.7 Å². The summed E-state index contributed by atoms with van der Waals surface area (Å²) in [6.07, 6.45) is 1.62. The standard InChI is InChI=1S/C13H14BrNO3/c1-16-11-5-8(7-15)9(6-12(11)17-2)13-10(14)3-4-18-13/h3-6H,7,15H2,1-2H3. The predicted molar refractivity (Wildman–Crippen MR) is 72.8 cm³/mol. The third kappa shape index (κ3) is 2.23. The maximum absolute atomic E-state index is 5.77. The van der Waals surface area contributed by atoms with Gasteiger partial charge < -0.3 is 19.6 Å². The van der Waals surface area contributed by atoms with Gasteiger partial charge in [-0.2, -0.15) is 0 Å². The molecule has 96 valence electrons. The molecule has 2 rings (SSSR count). The van der Waals surface area contributed by atoms with E-state index in [-0.39, 0.29) is 0 Å². The van der Waals surface area contributed by atoms with E-state index in [1.54, 1.807) is 20.5 Å². The van der Waals surface area contributed by atoms with Crippen molar-refractivity contribution in [3.05, 3.63) is 34.5 Å². The SMILES string of the molecule is COc1cc(CN)c(-c2occc2Br)cc1OC. The predicted octanol–water partition coefficient (Wildman–Crippen LogP) is 3.19. The van der Waals surface area contributed by atoms with Crippen molar-refractivity contribution in [2.45, 2.75) is 6.54 Å². The molecule has 1 heterocycles. The first-order valence-corrected chi connectivity index (χ1v) is 6.19. The number of ether oxygens (including phenoxy) is 2. The summed E-state index contributed by atoms with van der Waals surface area (Å²) in [6, 6.07) is 5.57. The van der Waals surface area contributed by atoms with E-state index in [0.717, 1.165) is 21.4 Å². The number of nitrogens with two attached hydrogens (primary N) is 1. The number of hydrogen-bond acceptors (Lipinski definition) is 4. The van der Waals surface area contributed by atoms with Crippen molar-refractivity contribution in [3.63, 3.8) is 0 Å². The lowest BCUT2D eigenvalue weighted by atomic mass is 10.0. The molecule has 1 aromatic heterocycles. The first kappa shape index (κ1) is 13.0. The van der Waals surface area contributed by atoms with Crippen molar-refractivity contribution in [2.75, 3.05) is 14.2 Å². The lowest BCUT2D eigenvalue weighted by Crippen LogP contribution is -2.01. The van der Waals surface area contributed by atoms with Gasteiger partial charge in [-0.3, -0.25) is 0 Å². The van der Waals surface area contributed by atoms with Crippen molar-refractivity contribution in [1.29, 1.82) is 0 Å². The van der Waals surface area contributed by atoms with Gasteiger partial charge in [0.25, 0.3) is 0 Å². The molecule has 0 saturated heterocycles. The molecule has 2 aromatic rings. The molecule has 0 aliphatic carbocycles. The molecule has 0 bridgehead atoms. The van der Waals surface area contributed by atoms with Crippen molar-refractivity contribution in [1.82, 2.24) is 0 Å². The zero-order valence-electron chi connectivity index (χ0n) is 10.2. The zero-order valence-corrected chi connectivity index (χ0v) is 11.8. The number of halogens is 1. The van der Waals surface area contributed by atoms with Gasteiger partial charge in [0.15, 0.2) is 11.5 Å². The molecule has 0 aliphatic rings. The van der Waals surface area contributed by atoms with E-state index in [1.165, 1.54) is 0 Å². The zero-order chi connectivity index (χ0) is 13.1. The second-order valence-corrected chi connectivity index (χ2v) is 4.52. The number of rotatable bonds is 4. The molecule has 0 fully saturated rings. The summed E-state index contributed by atoms with van der Waals surface area (Å²) in [4.78, 5) is 0. The van der Waals surface area contributed by atoms with Gasteiger partial charge in [0, 0.05) is 12.1 Å². The fourth-order valence-corrected chi connectivity index (χ4v) is 2.20. The Balaban J connectivity index is 2.62. The van der Waals surface area contributed by atoms with Crippen LogP contribution in [0.15, 0.2) is 33.4 Å². The Kier molecular flexibility index (Phi) is 3.93. The Labute approximate surface area is 114 Å². The maximum atomic E-state index is 5.77. The summed E-state index contributed by atoms with van der Waals surface area (Å²) in [5, 5.41) is 0. The molecule has 0 unspecified atom stereocenters. The Morgan fingerprint density at radius 1 is 1.22 bits per heavy atom. The van der Waals surface area contributed by atoms with Gasteiger partial charge in [-0.15, -0.1) is 0 Å². The minimum absolute atomic E-state index is 0.392. The highest BCUT2D eigenvalue weighted by molar-refractivity contribution is 9.10. The molecule has 4 nitrogen and oxygen atoms in total. The third-order valence-corrected chi connectivity index (χ3v) is 3.32. The van der Waals surface area contributed by atoms with Crippen molar-refractivity contribution in [3.8, 4) is 22.8 Å². The first-order valence-electron chi connectivity index (χ1n) is 5.39. The molecule has 0 amide bonds. The van der Waals surface area contributed by atoms with Crippen LogP contribution in [-0.2, 0) is 6.54 Å². The Bertz CT molecular complexity index is 551. The molecule has 18 heavy (non-hydrogen) atoms. The fourth-order valence-electron chi connectivity index (χ4n) is 1.79. The van der Waals surface area contributed by atoms with Gasteiger partial charge >= 0.3 is 0 Å². The summed E-state index contributed by atoms with van der Waals surface area (Å²) in [6.45, 7) is 0.392. The van der Waals surface area contributed by atoms with Crippen LogP contribution in [0.25, 0.3) is 11.3 Å². The van der Waals surface area contributed by atoms with Crippen LogP contribution in [0.5, 0.6) is 11.5 Å². The second kappa shape index (κ2) is 5.46. The summed E-state index contributed by atoms with van der Waals surface area (Å²) < 4.78 is 16.9. The molecule has 0 atom stereocenters. The van der Waals surface area contributed by atoms with E-state index in [4.69, 9.17) is 19.6 Å². The number of furan rings is 1. The van der Waals surface area contributed by atoms with Gasteiger partial charge in [0.05, 0.1) is 25.0 Å². The van der Waals surface area contributed by atoms with Crippen LogP contribution >= 0.6 is 15.9 Å². The molecule has 2 N–H and O–H groups in total. The first-order chi connectivity index (χ1) is 8.71. The largest absolute Gasteiger partial charge is 0.493 e. The van der Waals surface area contributed by atoms with Crippen LogP contribution in [0.1, 0.15) is 5.56 Å². The minimum Gasteiger partial charge on any atom is -0.493 e. The Morgan fingerprint density at radius 2 is 1.89 bits per heavy atom. The summed E-state index contributed by atoms with van der Waals surface area (Å²) in [5.41, 5.74) is 7.60. The second-order valence-electron chi connectivity index (χ2n) is 3.67. The van der Waals surface area contributed by atoms with E-state index >= 15 is 0 Å². The molecule has 0 spiro atoms. The monoisotopic (exact) mass is 311 g/mol. The summed E-state index contributed by atoms with van der Waals surface area (Å²) in [5.74, 6) is 2.04. The van der Waals surface area contributed by atoms with Crippen LogP contribution in [0.3, 0.4) is 0 Å². The summed E-state index contributed by atoms with van der Waals surface area (Å²) in [7, 11) is 3.20. The molecule has 0 aliphatic heterocycles. The molecule has 0 radical (unpaired) electrons.